The molecule has 0 aromatic carbocycles. The van der Waals surface area contributed by atoms with Crippen molar-refractivity contribution in [3.05, 3.63) is 0 Å². The summed E-state index contributed by atoms with van der Waals surface area (Å²) in [6, 6.07) is -1.33. The number of aliphatic carboxylic acids is 1. The highest BCUT2D eigenvalue weighted by molar-refractivity contribution is 5.82. The molecule has 0 aromatic rings. The number of hydrogen-bond donors (Lipinski definition) is 3. The maximum atomic E-state index is 11.6. The van der Waals surface area contributed by atoms with Crippen LogP contribution in [0.25, 0.3) is 0 Å². The second-order valence-corrected chi connectivity index (χ2v) is 5.13. The fraction of sp³-hybridized carbons (Fsp3) is 0.833. The van der Waals surface area contributed by atoms with E-state index in [2.05, 4.69) is 10.6 Å². The van der Waals surface area contributed by atoms with Crippen LogP contribution in [0.2, 0.25) is 0 Å². The predicted octanol–water partition coefficient (Wildman–Crippen LogP) is 0.964. The highest BCUT2D eigenvalue weighted by Crippen LogP contribution is 2.34. The van der Waals surface area contributed by atoms with E-state index < -0.39 is 18.0 Å². The van der Waals surface area contributed by atoms with Crippen LogP contribution in [0, 0.1) is 5.92 Å². The minimum Gasteiger partial charge on any atom is -0.480 e. The van der Waals surface area contributed by atoms with E-state index in [1.807, 2.05) is 0 Å². The summed E-state index contributed by atoms with van der Waals surface area (Å²) in [6.45, 7) is 3.92. The molecule has 0 radical (unpaired) electrons. The van der Waals surface area contributed by atoms with Gasteiger partial charge in [0, 0.05) is 13.7 Å². The summed E-state index contributed by atoms with van der Waals surface area (Å²) in [7, 11) is 1.63. The Morgan fingerprint density at radius 2 is 2.00 bits per heavy atom. The second kappa shape index (κ2) is 6.04. The molecular formula is C12H22N2O4. The summed E-state index contributed by atoms with van der Waals surface area (Å²) in [6.07, 6.45) is 2.95. The molecule has 3 N–H and O–H groups in total. The topological polar surface area (TPSA) is 87.7 Å². The number of amides is 2. The summed E-state index contributed by atoms with van der Waals surface area (Å²) in [5.41, 5.74) is -0.256. The van der Waals surface area contributed by atoms with E-state index in [0.717, 1.165) is 19.3 Å². The molecule has 0 aromatic heterocycles. The van der Waals surface area contributed by atoms with Gasteiger partial charge in [-0.2, -0.15) is 0 Å². The second-order valence-electron chi connectivity index (χ2n) is 5.13. The Bertz CT molecular complexity index is 308. The summed E-state index contributed by atoms with van der Waals surface area (Å²) >= 11 is 0. The molecule has 0 heterocycles. The fourth-order valence-electron chi connectivity index (χ4n) is 1.97. The number of rotatable bonds is 6. The van der Waals surface area contributed by atoms with Gasteiger partial charge in [0.2, 0.25) is 0 Å². The number of carbonyl (C=O) groups excluding carboxylic acids is 1. The highest BCUT2D eigenvalue weighted by atomic mass is 16.5. The lowest BCUT2D eigenvalue weighted by Crippen LogP contribution is -2.54. The van der Waals surface area contributed by atoms with Crippen molar-refractivity contribution in [3.8, 4) is 0 Å². The molecule has 6 nitrogen and oxygen atoms in total. The molecule has 18 heavy (non-hydrogen) atoms. The van der Waals surface area contributed by atoms with Gasteiger partial charge in [-0.1, -0.05) is 13.8 Å². The van der Waals surface area contributed by atoms with Gasteiger partial charge < -0.3 is 20.5 Å². The average molecular weight is 258 g/mol. The fourth-order valence-corrected chi connectivity index (χ4v) is 1.97. The lowest BCUT2D eigenvalue weighted by Gasteiger charge is -2.40. The van der Waals surface area contributed by atoms with Gasteiger partial charge >= 0.3 is 12.0 Å². The van der Waals surface area contributed by atoms with E-state index in [-0.39, 0.29) is 11.5 Å². The van der Waals surface area contributed by atoms with Crippen molar-refractivity contribution in [2.45, 2.75) is 44.8 Å². The predicted molar refractivity (Wildman–Crippen MR) is 66.4 cm³/mol. The van der Waals surface area contributed by atoms with Crippen LogP contribution in [-0.2, 0) is 9.53 Å². The van der Waals surface area contributed by atoms with E-state index in [1.54, 1.807) is 21.0 Å². The lowest BCUT2D eigenvalue weighted by atomic mass is 9.80. The first-order valence-electron chi connectivity index (χ1n) is 6.22. The van der Waals surface area contributed by atoms with E-state index in [4.69, 9.17) is 9.84 Å². The first kappa shape index (κ1) is 14.8. The maximum absolute atomic E-state index is 11.6. The Balaban J connectivity index is 2.39. The molecule has 0 spiro atoms. The van der Waals surface area contributed by atoms with Crippen molar-refractivity contribution in [1.82, 2.24) is 10.6 Å². The Morgan fingerprint density at radius 1 is 1.39 bits per heavy atom. The van der Waals surface area contributed by atoms with Crippen molar-refractivity contribution >= 4 is 12.0 Å². The number of nitrogens with one attached hydrogen (secondary N) is 2. The third-order valence-electron chi connectivity index (χ3n) is 3.49. The van der Waals surface area contributed by atoms with Gasteiger partial charge in [-0.25, -0.2) is 9.59 Å². The zero-order chi connectivity index (χ0) is 13.8. The van der Waals surface area contributed by atoms with Crippen LogP contribution in [0.1, 0.15) is 33.1 Å². The quantitative estimate of drug-likeness (QED) is 0.662. The average Bonchev–Trinajstić information content (AvgIpc) is 2.24. The molecule has 1 fully saturated rings. The Labute approximate surface area is 107 Å². The van der Waals surface area contributed by atoms with Crippen LogP contribution >= 0.6 is 0 Å². The third kappa shape index (κ3) is 3.60. The van der Waals surface area contributed by atoms with Crippen molar-refractivity contribution in [2.24, 2.45) is 5.92 Å². The maximum Gasteiger partial charge on any atom is 0.326 e. The van der Waals surface area contributed by atoms with Gasteiger partial charge in [-0.05, 0) is 25.2 Å². The minimum absolute atomic E-state index is 0.159. The molecule has 6 heteroatoms. The summed E-state index contributed by atoms with van der Waals surface area (Å²) in [4.78, 5) is 22.6. The number of urea groups is 1. The summed E-state index contributed by atoms with van der Waals surface area (Å²) in [5.74, 6) is -1.18. The zero-order valence-electron chi connectivity index (χ0n) is 11.2. The molecule has 1 aliphatic carbocycles. The van der Waals surface area contributed by atoms with Crippen molar-refractivity contribution in [2.75, 3.05) is 13.7 Å². The zero-order valence-corrected chi connectivity index (χ0v) is 11.2. The standard InChI is InChI=1S/C12H22N2O4/c1-8(2)9(10(15)16)14-11(17)13-7-12(18-3)5-4-6-12/h8-9H,4-7H2,1-3H3,(H,15,16)(H2,13,14,17)/t9-/m1/s1. The van der Waals surface area contributed by atoms with Gasteiger partial charge in [0.1, 0.15) is 6.04 Å². The normalized spacial score (nSPS) is 18.9. The van der Waals surface area contributed by atoms with Gasteiger partial charge in [-0.3, -0.25) is 0 Å². The molecule has 2 amide bonds. The van der Waals surface area contributed by atoms with Crippen molar-refractivity contribution in [1.29, 1.82) is 0 Å². The Kier molecular flexibility index (Phi) is 4.95. The van der Waals surface area contributed by atoms with Crippen LogP contribution in [0.3, 0.4) is 0 Å². The lowest BCUT2D eigenvalue weighted by molar-refractivity contribution is -0.140. The van der Waals surface area contributed by atoms with E-state index in [0.29, 0.717) is 6.54 Å². The molecule has 1 atom stereocenters. The monoisotopic (exact) mass is 258 g/mol. The molecule has 0 bridgehead atoms. The van der Waals surface area contributed by atoms with Crippen LogP contribution in [0.4, 0.5) is 4.79 Å². The SMILES string of the molecule is COC1(CNC(=O)N[C@@H](C(=O)O)C(C)C)CCC1. The van der Waals surface area contributed by atoms with E-state index in [9.17, 15) is 9.59 Å². The number of ether oxygens (including phenoxy) is 1. The number of carboxylic acids is 1. The van der Waals surface area contributed by atoms with Crippen molar-refractivity contribution in [3.63, 3.8) is 0 Å². The molecule has 0 saturated heterocycles. The molecule has 0 aliphatic heterocycles. The first-order chi connectivity index (χ1) is 8.40. The molecule has 1 saturated carbocycles. The van der Waals surface area contributed by atoms with E-state index in [1.165, 1.54) is 0 Å². The van der Waals surface area contributed by atoms with E-state index >= 15 is 0 Å². The number of carboxylic acid groups (broad SMARTS) is 1. The van der Waals surface area contributed by atoms with Crippen molar-refractivity contribution < 1.29 is 19.4 Å². The minimum atomic E-state index is -1.02. The van der Waals surface area contributed by atoms with Crippen LogP contribution < -0.4 is 10.6 Å². The third-order valence-corrected chi connectivity index (χ3v) is 3.49. The summed E-state index contributed by atoms with van der Waals surface area (Å²) < 4.78 is 5.37. The van der Waals surface area contributed by atoms with Gasteiger partial charge in [0.25, 0.3) is 0 Å². The molecule has 0 unspecified atom stereocenters. The molecule has 1 aliphatic rings. The van der Waals surface area contributed by atoms with Gasteiger partial charge in [0.05, 0.1) is 5.60 Å². The number of carbonyl (C=O) groups is 2. The van der Waals surface area contributed by atoms with Gasteiger partial charge in [-0.15, -0.1) is 0 Å². The van der Waals surface area contributed by atoms with Crippen LogP contribution in [-0.4, -0.2) is 42.4 Å². The molecule has 104 valence electrons. The highest BCUT2D eigenvalue weighted by Gasteiger charge is 2.37. The molecular weight excluding hydrogens is 236 g/mol. The number of hydrogen-bond acceptors (Lipinski definition) is 3. The number of methoxy groups -OCH3 is 1. The Morgan fingerprint density at radius 3 is 2.33 bits per heavy atom. The smallest absolute Gasteiger partial charge is 0.326 e. The first-order valence-corrected chi connectivity index (χ1v) is 6.22. The summed E-state index contributed by atoms with van der Waals surface area (Å²) in [5, 5.41) is 14.1. The van der Waals surface area contributed by atoms with Gasteiger partial charge in [0.15, 0.2) is 0 Å². The Hall–Kier alpha value is -1.30. The largest absolute Gasteiger partial charge is 0.480 e. The molecule has 1 rings (SSSR count). The van der Waals surface area contributed by atoms with Crippen LogP contribution in [0.5, 0.6) is 0 Å². The van der Waals surface area contributed by atoms with Crippen LogP contribution in [0.15, 0.2) is 0 Å².